The molecule has 4 heterocycles. The van der Waals surface area contributed by atoms with E-state index in [4.69, 9.17) is 9.51 Å². The van der Waals surface area contributed by atoms with E-state index < -0.39 is 0 Å². The first-order valence-electron chi connectivity index (χ1n) is 10.7. The van der Waals surface area contributed by atoms with Crippen LogP contribution in [0, 0.1) is 5.92 Å². The average molecular weight is 406 g/mol. The van der Waals surface area contributed by atoms with Crippen LogP contribution in [0.5, 0.6) is 0 Å². The van der Waals surface area contributed by atoms with Gasteiger partial charge < -0.3 is 9.42 Å². The smallest absolute Gasteiger partial charge is 0.274 e. The molecule has 3 aromatic heterocycles. The molecule has 1 aliphatic carbocycles. The Kier molecular flexibility index (Phi) is 4.84. The maximum Gasteiger partial charge on any atom is 0.274 e. The Balaban J connectivity index is 1.35. The van der Waals surface area contributed by atoms with Crippen LogP contribution >= 0.6 is 0 Å². The van der Waals surface area contributed by atoms with Gasteiger partial charge in [-0.05, 0) is 50.3 Å². The molecule has 2 fully saturated rings. The second kappa shape index (κ2) is 7.66. The van der Waals surface area contributed by atoms with Gasteiger partial charge in [-0.15, -0.1) is 0 Å². The van der Waals surface area contributed by atoms with Crippen LogP contribution in [0.15, 0.2) is 41.3 Å². The third-order valence-corrected chi connectivity index (χ3v) is 6.40. The monoisotopic (exact) mass is 406 g/mol. The highest BCUT2D eigenvalue weighted by atomic mass is 16.5. The van der Waals surface area contributed by atoms with Gasteiger partial charge in [0.25, 0.3) is 11.8 Å². The van der Waals surface area contributed by atoms with E-state index in [9.17, 15) is 4.79 Å². The molecular formula is C22H26N6O2. The van der Waals surface area contributed by atoms with Crippen LogP contribution in [-0.2, 0) is 12.0 Å². The molecule has 0 radical (unpaired) electrons. The van der Waals surface area contributed by atoms with Crippen molar-refractivity contribution in [3.8, 4) is 11.5 Å². The molecule has 8 heteroatoms. The molecule has 0 unspecified atom stereocenters. The van der Waals surface area contributed by atoms with E-state index >= 15 is 0 Å². The summed E-state index contributed by atoms with van der Waals surface area (Å²) in [5.74, 6) is 2.05. The van der Waals surface area contributed by atoms with E-state index in [2.05, 4.69) is 15.2 Å². The first-order chi connectivity index (χ1) is 14.7. The second-order valence-corrected chi connectivity index (χ2v) is 8.44. The quantitative estimate of drug-likeness (QED) is 0.624. The molecule has 30 heavy (non-hydrogen) atoms. The van der Waals surface area contributed by atoms with Gasteiger partial charge >= 0.3 is 0 Å². The molecule has 5 rings (SSSR count). The molecule has 1 saturated carbocycles. The first kappa shape index (κ1) is 19.0. The Morgan fingerprint density at radius 2 is 1.97 bits per heavy atom. The van der Waals surface area contributed by atoms with Crippen molar-refractivity contribution in [3.05, 3.63) is 48.3 Å². The normalized spacial score (nSPS) is 18.5. The number of aromatic nitrogens is 5. The van der Waals surface area contributed by atoms with Crippen LogP contribution in [0.3, 0.4) is 0 Å². The zero-order valence-corrected chi connectivity index (χ0v) is 17.2. The van der Waals surface area contributed by atoms with E-state index in [1.807, 2.05) is 30.2 Å². The summed E-state index contributed by atoms with van der Waals surface area (Å²) in [6.45, 7) is 4.14. The van der Waals surface area contributed by atoms with Gasteiger partial charge in [0, 0.05) is 49.2 Å². The summed E-state index contributed by atoms with van der Waals surface area (Å²) in [5, 5.41) is 8.76. The number of nitrogens with zero attached hydrogens (tertiary/aromatic N) is 6. The maximum absolute atomic E-state index is 12.9. The fourth-order valence-corrected chi connectivity index (χ4v) is 4.40. The maximum atomic E-state index is 12.9. The Bertz CT molecular complexity index is 1020. The Hall–Kier alpha value is -3.03. The molecule has 8 nitrogen and oxygen atoms in total. The molecule has 1 amide bonds. The van der Waals surface area contributed by atoms with Crippen molar-refractivity contribution in [2.75, 3.05) is 13.1 Å². The fraction of sp³-hybridized carbons (Fsp3) is 0.500. The summed E-state index contributed by atoms with van der Waals surface area (Å²) in [6.07, 6.45) is 10.6. The van der Waals surface area contributed by atoms with E-state index in [0.717, 1.165) is 43.1 Å². The lowest BCUT2D eigenvalue weighted by atomic mass is 9.73. The molecule has 0 spiro atoms. The third-order valence-electron chi connectivity index (χ3n) is 6.40. The summed E-state index contributed by atoms with van der Waals surface area (Å²) in [5.41, 5.74) is 1.27. The topological polar surface area (TPSA) is 89.9 Å². The number of rotatable bonds is 6. The highest BCUT2D eigenvalue weighted by molar-refractivity contribution is 5.92. The lowest BCUT2D eigenvalue weighted by Gasteiger charge is -2.39. The molecular weight excluding hydrogens is 380 g/mol. The van der Waals surface area contributed by atoms with Crippen molar-refractivity contribution in [1.82, 2.24) is 29.8 Å². The molecule has 1 aliphatic heterocycles. The summed E-state index contributed by atoms with van der Waals surface area (Å²) >= 11 is 0. The van der Waals surface area contributed by atoms with Crippen LogP contribution in [0.1, 0.15) is 55.3 Å². The van der Waals surface area contributed by atoms with E-state index in [0.29, 0.717) is 24.7 Å². The van der Waals surface area contributed by atoms with Crippen LogP contribution in [0.4, 0.5) is 0 Å². The highest BCUT2D eigenvalue weighted by Crippen LogP contribution is 2.46. The van der Waals surface area contributed by atoms with Crippen molar-refractivity contribution in [3.63, 3.8) is 0 Å². The largest absolute Gasteiger partial charge is 0.337 e. The minimum atomic E-state index is -0.129. The fourth-order valence-electron chi connectivity index (χ4n) is 4.40. The summed E-state index contributed by atoms with van der Waals surface area (Å²) in [7, 11) is 0. The van der Waals surface area contributed by atoms with Crippen LogP contribution in [0.2, 0.25) is 0 Å². The van der Waals surface area contributed by atoms with Crippen molar-refractivity contribution >= 4 is 5.91 Å². The van der Waals surface area contributed by atoms with Gasteiger partial charge in [0.2, 0.25) is 0 Å². The number of pyridine rings is 1. The number of likely N-dealkylation sites (tertiary alicyclic amines) is 1. The Morgan fingerprint density at radius 3 is 2.63 bits per heavy atom. The third kappa shape index (κ3) is 3.62. The average Bonchev–Trinajstić information content (AvgIpc) is 3.27. The van der Waals surface area contributed by atoms with Gasteiger partial charge in [0.1, 0.15) is 5.69 Å². The van der Waals surface area contributed by atoms with Gasteiger partial charge in [-0.25, -0.2) is 0 Å². The Labute approximate surface area is 175 Å². The van der Waals surface area contributed by atoms with Gasteiger partial charge in [-0.2, -0.15) is 10.1 Å². The summed E-state index contributed by atoms with van der Waals surface area (Å²) < 4.78 is 7.39. The van der Waals surface area contributed by atoms with E-state index in [-0.39, 0.29) is 11.3 Å². The Morgan fingerprint density at radius 1 is 1.20 bits per heavy atom. The van der Waals surface area contributed by atoms with Crippen molar-refractivity contribution in [2.45, 2.75) is 51.0 Å². The molecule has 1 saturated heterocycles. The molecule has 0 N–H and O–H groups in total. The molecule has 156 valence electrons. The predicted molar refractivity (Wildman–Crippen MR) is 110 cm³/mol. The number of carbonyl (C=O) groups excluding carboxylic acids is 1. The molecule has 0 aromatic carbocycles. The number of carbonyl (C=O) groups is 1. The summed E-state index contributed by atoms with van der Waals surface area (Å²) in [6, 6.07) is 5.56. The number of hydrogen-bond donors (Lipinski definition) is 0. The number of hydrogen-bond acceptors (Lipinski definition) is 6. The lowest BCUT2D eigenvalue weighted by Crippen LogP contribution is -2.46. The zero-order valence-electron chi connectivity index (χ0n) is 17.2. The predicted octanol–water partition coefficient (Wildman–Crippen LogP) is 3.32. The number of piperidine rings is 1. The zero-order chi connectivity index (χ0) is 20.6. The lowest BCUT2D eigenvalue weighted by molar-refractivity contribution is 0.0639. The van der Waals surface area contributed by atoms with E-state index in [1.165, 1.54) is 12.8 Å². The number of amides is 1. The molecule has 0 bridgehead atoms. The molecule has 0 atom stereocenters. The minimum Gasteiger partial charge on any atom is -0.337 e. The second-order valence-electron chi connectivity index (χ2n) is 8.44. The van der Waals surface area contributed by atoms with Crippen LogP contribution in [-0.4, -0.2) is 48.8 Å². The van der Waals surface area contributed by atoms with Crippen LogP contribution in [0.25, 0.3) is 11.5 Å². The molecule has 3 aromatic rings. The van der Waals surface area contributed by atoms with Gasteiger partial charge in [-0.3, -0.25) is 14.5 Å². The van der Waals surface area contributed by atoms with Gasteiger partial charge in [0.05, 0.1) is 0 Å². The SMILES string of the molecule is CCn1ccc(C(=O)N2CCC(CC3CC3)(c3noc(-c4ccncc4)n3)CC2)n1. The van der Waals surface area contributed by atoms with E-state index in [1.54, 1.807) is 23.1 Å². The van der Waals surface area contributed by atoms with Crippen molar-refractivity contribution < 1.29 is 9.32 Å². The summed E-state index contributed by atoms with van der Waals surface area (Å²) in [4.78, 5) is 23.6. The first-order valence-corrected chi connectivity index (χ1v) is 10.7. The van der Waals surface area contributed by atoms with Gasteiger partial charge in [0.15, 0.2) is 5.82 Å². The standard InChI is InChI=1S/C22H26N6O2/c1-2-28-12-7-18(25-28)20(29)27-13-8-22(9-14-27,15-16-3-4-16)21-24-19(30-26-21)17-5-10-23-11-6-17/h5-7,10-12,16H,2-4,8-9,13-15H2,1H3. The minimum absolute atomic E-state index is 0.00723. The van der Waals surface area contributed by atoms with Crippen LogP contribution < -0.4 is 0 Å². The molecule has 2 aliphatic rings. The van der Waals surface area contributed by atoms with Gasteiger partial charge in [-0.1, -0.05) is 18.0 Å². The number of aryl methyl sites for hydroxylation is 1. The van der Waals surface area contributed by atoms with Crippen molar-refractivity contribution in [1.29, 1.82) is 0 Å². The highest BCUT2D eigenvalue weighted by Gasteiger charge is 2.45. The van der Waals surface area contributed by atoms with Crippen molar-refractivity contribution in [2.24, 2.45) is 5.92 Å².